The van der Waals surface area contributed by atoms with Crippen molar-refractivity contribution in [2.75, 3.05) is 19.6 Å². The Morgan fingerprint density at radius 3 is 2.86 bits per heavy atom. The molecule has 0 spiro atoms. The summed E-state index contributed by atoms with van der Waals surface area (Å²) in [5.41, 5.74) is 0. The monoisotopic (exact) mass is 330 g/mol. The fourth-order valence-electron chi connectivity index (χ4n) is 2.64. The lowest BCUT2D eigenvalue weighted by atomic mass is 9.96. The predicted octanol–water partition coefficient (Wildman–Crippen LogP) is 2.91. The third-order valence-corrected chi connectivity index (χ3v) is 7.05. The summed E-state index contributed by atoms with van der Waals surface area (Å²) in [6, 6.07) is 1.82. The van der Waals surface area contributed by atoms with E-state index < -0.39 is 10.0 Å². The molecular weight excluding hydrogens is 304 g/mol. The molecule has 1 aliphatic heterocycles. The van der Waals surface area contributed by atoms with Gasteiger partial charge in [0.05, 0.1) is 4.90 Å². The summed E-state index contributed by atoms with van der Waals surface area (Å²) in [6.07, 6.45) is 2.06. The molecule has 1 aromatic heterocycles. The third-order valence-electron chi connectivity index (χ3n) is 4.12. The van der Waals surface area contributed by atoms with Crippen LogP contribution in [0.25, 0.3) is 0 Å². The van der Waals surface area contributed by atoms with Gasteiger partial charge >= 0.3 is 0 Å². The number of nitrogens with zero attached hydrogens (tertiary/aromatic N) is 1. The molecule has 6 heteroatoms. The van der Waals surface area contributed by atoms with Crippen molar-refractivity contribution < 1.29 is 8.42 Å². The van der Waals surface area contributed by atoms with Gasteiger partial charge in [-0.25, -0.2) is 8.42 Å². The molecule has 1 saturated heterocycles. The molecule has 1 atom stereocenters. The molecule has 0 aliphatic carbocycles. The van der Waals surface area contributed by atoms with Crippen LogP contribution in [0, 0.1) is 11.8 Å². The summed E-state index contributed by atoms with van der Waals surface area (Å²) in [5.74, 6) is 1.03. The summed E-state index contributed by atoms with van der Waals surface area (Å²) in [6.45, 7) is 9.50. The van der Waals surface area contributed by atoms with Crippen LogP contribution in [-0.4, -0.2) is 32.4 Å². The highest BCUT2D eigenvalue weighted by Crippen LogP contribution is 2.30. The Kier molecular flexibility index (Phi) is 5.82. The van der Waals surface area contributed by atoms with Gasteiger partial charge in [-0.2, -0.15) is 4.31 Å². The Labute approximate surface area is 132 Å². The van der Waals surface area contributed by atoms with Crippen LogP contribution in [-0.2, 0) is 16.6 Å². The van der Waals surface area contributed by atoms with Crippen LogP contribution in [0.15, 0.2) is 16.3 Å². The normalized spacial score (nSPS) is 20.5. The van der Waals surface area contributed by atoms with Crippen LogP contribution in [0.5, 0.6) is 0 Å². The van der Waals surface area contributed by atoms with Gasteiger partial charge in [0.1, 0.15) is 0 Å². The van der Waals surface area contributed by atoms with E-state index in [0.29, 0.717) is 29.8 Å². The lowest BCUT2D eigenvalue weighted by Gasteiger charge is -2.17. The van der Waals surface area contributed by atoms with E-state index in [1.54, 1.807) is 9.69 Å². The maximum atomic E-state index is 12.7. The topological polar surface area (TPSA) is 49.4 Å². The summed E-state index contributed by atoms with van der Waals surface area (Å²) < 4.78 is 27.0. The molecule has 21 heavy (non-hydrogen) atoms. The SMILES string of the molecule is CCCNCc1cc(S(=O)(=O)N2CCC(C(C)C)C2)cs1. The van der Waals surface area contributed by atoms with Crippen molar-refractivity contribution >= 4 is 21.4 Å². The Balaban J connectivity index is 2.03. The Bertz CT molecular complexity index is 552. The van der Waals surface area contributed by atoms with Gasteiger partial charge in [0.2, 0.25) is 10.0 Å². The van der Waals surface area contributed by atoms with Crippen molar-refractivity contribution in [3.8, 4) is 0 Å². The van der Waals surface area contributed by atoms with Crippen molar-refractivity contribution in [1.29, 1.82) is 0 Å². The van der Waals surface area contributed by atoms with Crippen molar-refractivity contribution in [2.24, 2.45) is 11.8 Å². The molecule has 1 aromatic rings. The average molecular weight is 331 g/mol. The van der Waals surface area contributed by atoms with Gasteiger partial charge in [-0.1, -0.05) is 20.8 Å². The zero-order valence-corrected chi connectivity index (χ0v) is 14.8. The number of hydrogen-bond acceptors (Lipinski definition) is 4. The molecule has 0 aromatic carbocycles. The van der Waals surface area contributed by atoms with Crippen LogP contribution in [0.3, 0.4) is 0 Å². The van der Waals surface area contributed by atoms with Crippen LogP contribution in [0.1, 0.15) is 38.5 Å². The van der Waals surface area contributed by atoms with E-state index >= 15 is 0 Å². The molecule has 0 saturated carbocycles. The van der Waals surface area contributed by atoms with Gasteiger partial charge in [-0.15, -0.1) is 11.3 Å². The van der Waals surface area contributed by atoms with Gasteiger partial charge in [-0.3, -0.25) is 0 Å². The first-order valence-electron chi connectivity index (χ1n) is 7.73. The Morgan fingerprint density at radius 2 is 2.24 bits per heavy atom. The van der Waals surface area contributed by atoms with E-state index in [4.69, 9.17) is 0 Å². The molecule has 0 amide bonds. The van der Waals surface area contributed by atoms with Crippen LogP contribution < -0.4 is 5.32 Å². The van der Waals surface area contributed by atoms with Crippen molar-refractivity contribution in [3.63, 3.8) is 0 Å². The molecule has 0 radical (unpaired) electrons. The highest BCUT2D eigenvalue weighted by molar-refractivity contribution is 7.89. The quantitative estimate of drug-likeness (QED) is 0.782. The summed E-state index contributed by atoms with van der Waals surface area (Å²) in [4.78, 5) is 1.55. The predicted molar refractivity (Wildman–Crippen MR) is 88.0 cm³/mol. The number of hydrogen-bond donors (Lipinski definition) is 1. The third kappa shape index (κ3) is 4.06. The van der Waals surface area contributed by atoms with E-state index in [1.807, 2.05) is 6.07 Å². The zero-order valence-electron chi connectivity index (χ0n) is 13.1. The molecule has 0 bridgehead atoms. The summed E-state index contributed by atoms with van der Waals surface area (Å²) in [5, 5.41) is 5.09. The van der Waals surface area contributed by atoms with Crippen LogP contribution in [0.4, 0.5) is 0 Å². The Morgan fingerprint density at radius 1 is 1.48 bits per heavy atom. The lowest BCUT2D eigenvalue weighted by Crippen LogP contribution is -2.29. The van der Waals surface area contributed by atoms with E-state index in [1.165, 1.54) is 11.3 Å². The molecule has 1 N–H and O–H groups in total. The minimum atomic E-state index is -3.30. The van der Waals surface area contributed by atoms with E-state index in [0.717, 1.165) is 30.8 Å². The zero-order chi connectivity index (χ0) is 15.5. The second-order valence-electron chi connectivity index (χ2n) is 6.08. The first kappa shape index (κ1) is 16.9. The largest absolute Gasteiger partial charge is 0.312 e. The van der Waals surface area contributed by atoms with Crippen LogP contribution >= 0.6 is 11.3 Å². The fourth-order valence-corrected chi connectivity index (χ4v) is 5.39. The number of sulfonamides is 1. The molecule has 4 nitrogen and oxygen atoms in total. The van der Waals surface area contributed by atoms with Gasteiger partial charge in [-0.05, 0) is 37.3 Å². The fraction of sp³-hybridized carbons (Fsp3) is 0.733. The lowest BCUT2D eigenvalue weighted by molar-refractivity contribution is 0.388. The highest BCUT2D eigenvalue weighted by Gasteiger charge is 2.34. The molecule has 1 unspecified atom stereocenters. The minimum Gasteiger partial charge on any atom is -0.312 e. The summed E-state index contributed by atoms with van der Waals surface area (Å²) in [7, 11) is -3.30. The maximum absolute atomic E-state index is 12.7. The second kappa shape index (κ2) is 7.22. The van der Waals surface area contributed by atoms with E-state index in [-0.39, 0.29) is 0 Å². The second-order valence-corrected chi connectivity index (χ2v) is 9.02. The maximum Gasteiger partial charge on any atom is 0.243 e. The van der Waals surface area contributed by atoms with Crippen molar-refractivity contribution in [1.82, 2.24) is 9.62 Å². The van der Waals surface area contributed by atoms with E-state index in [2.05, 4.69) is 26.1 Å². The minimum absolute atomic E-state index is 0.463. The number of nitrogens with one attached hydrogen (secondary N) is 1. The summed E-state index contributed by atoms with van der Waals surface area (Å²) >= 11 is 1.52. The standard InChI is InChI=1S/C15H26N2O2S2/c1-4-6-16-9-14-8-15(11-20-14)21(18,19)17-7-5-13(10-17)12(2)3/h8,11-13,16H,4-7,9-10H2,1-3H3. The number of thiophene rings is 1. The molecule has 2 rings (SSSR count). The van der Waals surface area contributed by atoms with Gasteiger partial charge in [0.15, 0.2) is 0 Å². The highest BCUT2D eigenvalue weighted by atomic mass is 32.2. The first-order valence-corrected chi connectivity index (χ1v) is 10.1. The van der Waals surface area contributed by atoms with Crippen molar-refractivity contribution in [2.45, 2.75) is 45.1 Å². The van der Waals surface area contributed by atoms with E-state index in [9.17, 15) is 8.42 Å². The smallest absolute Gasteiger partial charge is 0.243 e. The molecule has 120 valence electrons. The number of rotatable bonds is 7. The molecule has 1 aliphatic rings. The van der Waals surface area contributed by atoms with Gasteiger partial charge in [0, 0.05) is 29.9 Å². The molecule has 1 fully saturated rings. The van der Waals surface area contributed by atoms with Crippen molar-refractivity contribution in [3.05, 3.63) is 16.3 Å². The Hall–Kier alpha value is -0.430. The van der Waals surface area contributed by atoms with Gasteiger partial charge < -0.3 is 5.32 Å². The molecule has 2 heterocycles. The van der Waals surface area contributed by atoms with Crippen LogP contribution in [0.2, 0.25) is 0 Å². The molecular formula is C15H26N2O2S2. The first-order chi connectivity index (χ1) is 9.95. The van der Waals surface area contributed by atoms with Gasteiger partial charge in [0.25, 0.3) is 0 Å². The average Bonchev–Trinajstić information content (AvgIpc) is 3.08.